The number of rotatable bonds is 2. The van der Waals surface area contributed by atoms with Crippen molar-refractivity contribution in [2.45, 2.75) is 17.9 Å². The zero-order valence-corrected chi connectivity index (χ0v) is 12.3. The molecule has 0 aromatic heterocycles. The molecule has 0 aliphatic heterocycles. The van der Waals surface area contributed by atoms with Crippen LogP contribution in [-0.2, 0) is 12.0 Å². The molecule has 1 aliphatic rings. The first-order valence-electron chi connectivity index (χ1n) is 7.70. The molecule has 3 aromatic carbocycles. The maximum atomic E-state index is 11.6. The summed E-state index contributed by atoms with van der Waals surface area (Å²) in [4.78, 5) is 0. The topological polar surface area (TPSA) is 20.2 Å². The van der Waals surface area contributed by atoms with Gasteiger partial charge in [-0.25, -0.2) is 0 Å². The number of aliphatic hydroxyl groups is 1. The van der Waals surface area contributed by atoms with Crippen molar-refractivity contribution in [1.82, 2.24) is 0 Å². The molecule has 1 heteroatoms. The Morgan fingerprint density at radius 2 is 1.32 bits per heavy atom. The van der Waals surface area contributed by atoms with Crippen molar-refractivity contribution in [1.29, 1.82) is 0 Å². The third-order valence-corrected chi connectivity index (χ3v) is 4.71. The predicted octanol–water partition coefficient (Wildman–Crippen LogP) is 4.26. The van der Waals surface area contributed by atoms with Crippen molar-refractivity contribution in [2.24, 2.45) is 0 Å². The Morgan fingerprint density at radius 3 is 2.05 bits per heavy atom. The maximum Gasteiger partial charge on any atom is 0.104 e. The zero-order chi connectivity index (χ0) is 15.0. The summed E-state index contributed by atoms with van der Waals surface area (Å²) in [6.07, 6.45) is 0.659. The van der Waals surface area contributed by atoms with Gasteiger partial charge in [0, 0.05) is 12.3 Å². The van der Waals surface area contributed by atoms with Gasteiger partial charge in [-0.3, -0.25) is 0 Å². The van der Waals surface area contributed by atoms with E-state index in [-0.39, 0.29) is 5.92 Å². The Balaban J connectivity index is 1.93. The van der Waals surface area contributed by atoms with Gasteiger partial charge in [-0.15, -0.1) is 0 Å². The first-order valence-corrected chi connectivity index (χ1v) is 7.70. The molecule has 4 rings (SSSR count). The van der Waals surface area contributed by atoms with Gasteiger partial charge >= 0.3 is 0 Å². The molecular formula is C21H18O. The van der Waals surface area contributed by atoms with Crippen LogP contribution in [0, 0.1) is 0 Å². The molecule has 0 fully saturated rings. The SMILES string of the molecule is O[C@]1(c2ccccc2)Cc2ccccc2[C@@H]1c1ccccc1. The Hall–Kier alpha value is -2.38. The van der Waals surface area contributed by atoms with Gasteiger partial charge in [0.15, 0.2) is 0 Å². The van der Waals surface area contributed by atoms with E-state index in [0.717, 1.165) is 5.56 Å². The first kappa shape index (κ1) is 13.3. The van der Waals surface area contributed by atoms with E-state index in [1.807, 2.05) is 48.5 Å². The standard InChI is InChI=1S/C21H18O/c22-21(18-12-5-2-6-13-18)15-17-11-7-8-14-19(17)20(21)16-9-3-1-4-10-16/h1-14,20,22H,15H2/t20-,21-/m0/s1. The van der Waals surface area contributed by atoms with E-state index in [4.69, 9.17) is 0 Å². The van der Waals surface area contributed by atoms with E-state index in [2.05, 4.69) is 36.4 Å². The van der Waals surface area contributed by atoms with Gasteiger partial charge in [-0.05, 0) is 22.3 Å². The van der Waals surface area contributed by atoms with Gasteiger partial charge in [-0.2, -0.15) is 0 Å². The molecule has 3 aromatic rings. The molecule has 0 heterocycles. The normalized spacial score (nSPS) is 23.2. The minimum absolute atomic E-state index is 0.0210. The smallest absolute Gasteiger partial charge is 0.104 e. The molecule has 0 radical (unpaired) electrons. The van der Waals surface area contributed by atoms with Crippen LogP contribution in [0.4, 0.5) is 0 Å². The van der Waals surface area contributed by atoms with Gasteiger partial charge in [0.05, 0.1) is 0 Å². The highest BCUT2D eigenvalue weighted by Crippen LogP contribution is 2.50. The molecule has 0 saturated carbocycles. The summed E-state index contributed by atoms with van der Waals surface area (Å²) in [5, 5.41) is 11.6. The van der Waals surface area contributed by atoms with Crippen molar-refractivity contribution in [2.75, 3.05) is 0 Å². The van der Waals surface area contributed by atoms with E-state index >= 15 is 0 Å². The Kier molecular flexibility index (Phi) is 3.09. The summed E-state index contributed by atoms with van der Waals surface area (Å²) in [6.45, 7) is 0. The van der Waals surface area contributed by atoms with E-state index in [1.54, 1.807) is 0 Å². The number of hydrogen-bond acceptors (Lipinski definition) is 1. The quantitative estimate of drug-likeness (QED) is 0.746. The second-order valence-electron chi connectivity index (χ2n) is 6.01. The minimum atomic E-state index is -0.883. The van der Waals surface area contributed by atoms with Crippen LogP contribution >= 0.6 is 0 Å². The molecule has 0 spiro atoms. The summed E-state index contributed by atoms with van der Waals surface area (Å²) in [5.41, 5.74) is 3.74. The molecule has 0 amide bonds. The lowest BCUT2D eigenvalue weighted by molar-refractivity contribution is 0.0314. The molecule has 0 unspecified atom stereocenters. The van der Waals surface area contributed by atoms with Crippen LogP contribution in [0.1, 0.15) is 28.2 Å². The average molecular weight is 286 g/mol. The van der Waals surface area contributed by atoms with Crippen molar-refractivity contribution >= 4 is 0 Å². The van der Waals surface area contributed by atoms with E-state index < -0.39 is 5.60 Å². The fourth-order valence-electron chi connectivity index (χ4n) is 3.72. The van der Waals surface area contributed by atoms with Gasteiger partial charge in [-0.1, -0.05) is 84.9 Å². The van der Waals surface area contributed by atoms with Gasteiger partial charge in [0.1, 0.15) is 5.60 Å². The second-order valence-corrected chi connectivity index (χ2v) is 6.01. The summed E-state index contributed by atoms with van der Waals surface area (Å²) in [5.74, 6) is -0.0210. The molecule has 1 nitrogen and oxygen atoms in total. The number of fused-ring (bicyclic) bond motifs is 1. The molecule has 22 heavy (non-hydrogen) atoms. The molecule has 108 valence electrons. The fourth-order valence-corrected chi connectivity index (χ4v) is 3.72. The van der Waals surface area contributed by atoms with Crippen molar-refractivity contribution in [3.63, 3.8) is 0 Å². The second kappa shape index (κ2) is 5.11. The molecular weight excluding hydrogens is 268 g/mol. The summed E-state index contributed by atoms with van der Waals surface area (Å²) >= 11 is 0. The first-order chi connectivity index (χ1) is 10.8. The van der Waals surface area contributed by atoms with Crippen LogP contribution < -0.4 is 0 Å². The Bertz CT molecular complexity index is 779. The van der Waals surface area contributed by atoms with E-state index in [9.17, 15) is 5.11 Å². The lowest BCUT2D eigenvalue weighted by Gasteiger charge is -2.31. The highest BCUT2D eigenvalue weighted by Gasteiger charge is 2.46. The van der Waals surface area contributed by atoms with Crippen molar-refractivity contribution in [3.8, 4) is 0 Å². The molecule has 0 saturated heterocycles. The number of benzene rings is 3. The van der Waals surface area contributed by atoms with Crippen LogP contribution in [0.2, 0.25) is 0 Å². The predicted molar refractivity (Wildman–Crippen MR) is 88.8 cm³/mol. The summed E-state index contributed by atoms with van der Waals surface area (Å²) in [7, 11) is 0. The van der Waals surface area contributed by atoms with Gasteiger partial charge in [0.2, 0.25) is 0 Å². The Morgan fingerprint density at radius 1 is 0.727 bits per heavy atom. The van der Waals surface area contributed by atoms with Crippen molar-refractivity contribution in [3.05, 3.63) is 107 Å². The van der Waals surface area contributed by atoms with Crippen LogP contribution in [-0.4, -0.2) is 5.11 Å². The lowest BCUT2D eigenvalue weighted by Crippen LogP contribution is -2.31. The highest BCUT2D eigenvalue weighted by molar-refractivity contribution is 5.49. The van der Waals surface area contributed by atoms with Crippen LogP contribution in [0.5, 0.6) is 0 Å². The molecule has 1 aliphatic carbocycles. The third-order valence-electron chi connectivity index (χ3n) is 4.71. The molecule has 1 N–H and O–H groups in total. The molecule has 0 bridgehead atoms. The summed E-state index contributed by atoms with van der Waals surface area (Å²) < 4.78 is 0. The van der Waals surface area contributed by atoms with Crippen LogP contribution in [0.15, 0.2) is 84.9 Å². The van der Waals surface area contributed by atoms with Crippen LogP contribution in [0.25, 0.3) is 0 Å². The zero-order valence-electron chi connectivity index (χ0n) is 12.3. The Labute approximate surface area is 130 Å². The maximum absolute atomic E-state index is 11.6. The van der Waals surface area contributed by atoms with Gasteiger partial charge in [0.25, 0.3) is 0 Å². The monoisotopic (exact) mass is 286 g/mol. The fraction of sp³-hybridized carbons (Fsp3) is 0.143. The third kappa shape index (κ3) is 1.98. The summed E-state index contributed by atoms with van der Waals surface area (Å²) in [6, 6.07) is 28.8. The van der Waals surface area contributed by atoms with Gasteiger partial charge < -0.3 is 5.11 Å². The minimum Gasteiger partial charge on any atom is -0.384 e. The number of hydrogen-bond donors (Lipinski definition) is 1. The molecule has 2 atom stereocenters. The average Bonchev–Trinajstić information content (AvgIpc) is 2.90. The van der Waals surface area contributed by atoms with Crippen molar-refractivity contribution < 1.29 is 5.11 Å². The van der Waals surface area contributed by atoms with E-state index in [1.165, 1.54) is 16.7 Å². The van der Waals surface area contributed by atoms with Crippen LogP contribution in [0.3, 0.4) is 0 Å². The highest BCUT2D eigenvalue weighted by atomic mass is 16.3. The van der Waals surface area contributed by atoms with E-state index in [0.29, 0.717) is 6.42 Å². The largest absolute Gasteiger partial charge is 0.384 e. The lowest BCUT2D eigenvalue weighted by atomic mass is 9.78.